The van der Waals surface area contributed by atoms with Gasteiger partial charge in [0.15, 0.2) is 5.82 Å². The first-order chi connectivity index (χ1) is 16.0. The molecular formula is C26H30N6O. The van der Waals surface area contributed by atoms with E-state index in [1.54, 1.807) is 6.08 Å². The van der Waals surface area contributed by atoms with E-state index in [9.17, 15) is 10.1 Å². The standard InChI is InChI=1S/C26H30N6O/c1-4-12-31-18(2)14-21(19(31)3)15-22(17-27)26(33)28-23-10-8-9-20(16-23)25-30-29-24-11-6-5-7-13-32(24)25/h8-10,14-16H,4-7,11-13H2,1-3H3,(H,28,33). The van der Waals surface area contributed by atoms with E-state index < -0.39 is 5.91 Å². The number of nitrogens with one attached hydrogen (secondary N) is 1. The zero-order valence-corrected chi connectivity index (χ0v) is 19.6. The van der Waals surface area contributed by atoms with Crippen LogP contribution in [0.2, 0.25) is 0 Å². The molecule has 1 aliphatic rings. The Balaban J connectivity index is 1.57. The van der Waals surface area contributed by atoms with E-state index in [0.29, 0.717) is 5.69 Å². The molecule has 1 aliphatic heterocycles. The highest BCUT2D eigenvalue weighted by Crippen LogP contribution is 2.25. The Morgan fingerprint density at radius 2 is 2.06 bits per heavy atom. The van der Waals surface area contributed by atoms with Crippen LogP contribution in [-0.2, 0) is 24.3 Å². The highest BCUT2D eigenvalue weighted by Gasteiger charge is 2.17. The predicted octanol–water partition coefficient (Wildman–Crippen LogP) is 5.05. The number of anilines is 1. The first kappa shape index (κ1) is 22.5. The molecule has 0 saturated carbocycles. The number of aryl methyl sites for hydroxylation is 2. The molecule has 0 unspecified atom stereocenters. The Labute approximate surface area is 194 Å². The van der Waals surface area contributed by atoms with E-state index >= 15 is 0 Å². The number of nitrogens with zero attached hydrogens (tertiary/aromatic N) is 5. The summed E-state index contributed by atoms with van der Waals surface area (Å²) in [5.74, 6) is 1.42. The van der Waals surface area contributed by atoms with Crippen molar-refractivity contribution < 1.29 is 4.79 Å². The van der Waals surface area contributed by atoms with Crippen LogP contribution in [0.1, 0.15) is 55.4 Å². The second kappa shape index (κ2) is 9.86. The molecule has 1 amide bonds. The zero-order chi connectivity index (χ0) is 23.4. The minimum atomic E-state index is -0.421. The molecule has 2 aromatic heterocycles. The Bertz CT molecular complexity index is 1240. The number of hydrogen-bond acceptors (Lipinski definition) is 4. The Morgan fingerprint density at radius 3 is 2.85 bits per heavy atom. The van der Waals surface area contributed by atoms with Crippen LogP contribution in [-0.4, -0.2) is 25.2 Å². The molecule has 0 spiro atoms. The molecule has 0 bridgehead atoms. The fourth-order valence-electron chi connectivity index (χ4n) is 4.48. The van der Waals surface area contributed by atoms with E-state index in [1.165, 1.54) is 6.42 Å². The van der Waals surface area contributed by atoms with Crippen molar-refractivity contribution in [3.63, 3.8) is 0 Å². The summed E-state index contributed by atoms with van der Waals surface area (Å²) in [5, 5.41) is 21.3. The summed E-state index contributed by atoms with van der Waals surface area (Å²) in [4.78, 5) is 12.9. The smallest absolute Gasteiger partial charge is 0.266 e. The third-order valence-corrected chi connectivity index (χ3v) is 6.21. The number of amides is 1. The molecule has 33 heavy (non-hydrogen) atoms. The number of rotatable bonds is 6. The molecule has 0 fully saturated rings. The van der Waals surface area contributed by atoms with Gasteiger partial charge in [0.25, 0.3) is 5.91 Å². The van der Waals surface area contributed by atoms with Gasteiger partial charge < -0.3 is 14.5 Å². The van der Waals surface area contributed by atoms with Crippen molar-refractivity contribution in [1.29, 1.82) is 5.26 Å². The molecule has 7 heteroatoms. The van der Waals surface area contributed by atoms with E-state index in [4.69, 9.17) is 0 Å². The van der Waals surface area contributed by atoms with Crippen LogP contribution in [0.25, 0.3) is 17.5 Å². The first-order valence-corrected chi connectivity index (χ1v) is 11.6. The number of carbonyl (C=O) groups excluding carboxylic acids is 1. The number of hydrogen-bond donors (Lipinski definition) is 1. The Kier molecular flexibility index (Phi) is 6.74. The second-order valence-corrected chi connectivity index (χ2v) is 8.58. The first-order valence-electron chi connectivity index (χ1n) is 11.6. The third-order valence-electron chi connectivity index (χ3n) is 6.21. The minimum absolute atomic E-state index is 0.0773. The van der Waals surface area contributed by atoms with Gasteiger partial charge in [-0.3, -0.25) is 4.79 Å². The molecule has 4 rings (SSSR count). The average Bonchev–Trinajstić information content (AvgIpc) is 3.22. The summed E-state index contributed by atoms with van der Waals surface area (Å²) in [5.41, 5.74) is 4.68. The van der Waals surface area contributed by atoms with E-state index in [0.717, 1.165) is 72.9 Å². The average molecular weight is 443 g/mol. The minimum Gasteiger partial charge on any atom is -0.349 e. The summed E-state index contributed by atoms with van der Waals surface area (Å²) < 4.78 is 4.39. The molecule has 170 valence electrons. The SMILES string of the molecule is CCCn1c(C)cc(C=C(C#N)C(=O)Nc2cccc(-c3nnc4n3CCCCC4)c2)c1C. The van der Waals surface area contributed by atoms with Crippen LogP contribution in [0.4, 0.5) is 5.69 Å². The van der Waals surface area contributed by atoms with Gasteiger partial charge in [-0.25, -0.2) is 0 Å². The third kappa shape index (κ3) is 4.75. The van der Waals surface area contributed by atoms with Crippen LogP contribution in [0.3, 0.4) is 0 Å². The van der Waals surface area contributed by atoms with Crippen molar-refractivity contribution in [2.75, 3.05) is 5.32 Å². The van der Waals surface area contributed by atoms with Crippen molar-refractivity contribution in [1.82, 2.24) is 19.3 Å². The highest BCUT2D eigenvalue weighted by molar-refractivity contribution is 6.09. The van der Waals surface area contributed by atoms with Gasteiger partial charge in [-0.15, -0.1) is 10.2 Å². The maximum atomic E-state index is 12.9. The number of benzene rings is 1. The molecule has 0 aliphatic carbocycles. The molecular weight excluding hydrogens is 412 g/mol. The van der Waals surface area contributed by atoms with Gasteiger partial charge in [-0.2, -0.15) is 5.26 Å². The number of aromatic nitrogens is 4. The Hall–Kier alpha value is -3.66. The van der Waals surface area contributed by atoms with Crippen LogP contribution < -0.4 is 5.32 Å². The fraction of sp³-hybridized carbons (Fsp3) is 0.385. The second-order valence-electron chi connectivity index (χ2n) is 8.58. The van der Waals surface area contributed by atoms with Gasteiger partial charge in [0.05, 0.1) is 0 Å². The van der Waals surface area contributed by atoms with Gasteiger partial charge in [-0.1, -0.05) is 25.5 Å². The van der Waals surface area contributed by atoms with Gasteiger partial charge in [0, 0.05) is 42.1 Å². The van der Waals surface area contributed by atoms with Gasteiger partial charge >= 0.3 is 0 Å². The van der Waals surface area contributed by atoms with Crippen LogP contribution in [0.5, 0.6) is 0 Å². The molecule has 0 saturated heterocycles. The number of fused-ring (bicyclic) bond motifs is 1. The van der Waals surface area contributed by atoms with Crippen LogP contribution >= 0.6 is 0 Å². The topological polar surface area (TPSA) is 88.5 Å². The zero-order valence-electron chi connectivity index (χ0n) is 19.6. The summed E-state index contributed by atoms with van der Waals surface area (Å²) in [6.45, 7) is 8.02. The van der Waals surface area contributed by atoms with Gasteiger partial charge in [0.2, 0.25) is 0 Å². The molecule has 7 nitrogen and oxygen atoms in total. The van der Waals surface area contributed by atoms with Crippen molar-refractivity contribution in [3.05, 3.63) is 58.7 Å². The summed E-state index contributed by atoms with van der Waals surface area (Å²) >= 11 is 0. The molecule has 0 atom stereocenters. The van der Waals surface area contributed by atoms with Crippen molar-refractivity contribution >= 4 is 17.7 Å². The van der Waals surface area contributed by atoms with Gasteiger partial charge in [-0.05, 0) is 62.9 Å². The number of carbonyl (C=O) groups is 1. The largest absolute Gasteiger partial charge is 0.349 e. The lowest BCUT2D eigenvalue weighted by Crippen LogP contribution is -2.13. The summed E-state index contributed by atoms with van der Waals surface area (Å²) in [6.07, 6.45) is 7.09. The maximum Gasteiger partial charge on any atom is 0.266 e. The van der Waals surface area contributed by atoms with Crippen molar-refractivity contribution in [2.24, 2.45) is 0 Å². The molecule has 0 radical (unpaired) electrons. The molecule has 1 N–H and O–H groups in total. The number of nitriles is 1. The van der Waals surface area contributed by atoms with E-state index in [-0.39, 0.29) is 5.57 Å². The summed E-state index contributed by atoms with van der Waals surface area (Å²) in [6, 6.07) is 11.7. The lowest BCUT2D eigenvalue weighted by molar-refractivity contribution is -0.112. The quantitative estimate of drug-likeness (QED) is 0.428. The molecule has 3 aromatic rings. The van der Waals surface area contributed by atoms with Crippen LogP contribution in [0, 0.1) is 25.2 Å². The Morgan fingerprint density at radius 1 is 1.21 bits per heavy atom. The van der Waals surface area contributed by atoms with Gasteiger partial charge in [0.1, 0.15) is 17.5 Å². The van der Waals surface area contributed by atoms with Crippen LogP contribution in [0.15, 0.2) is 35.9 Å². The summed E-state index contributed by atoms with van der Waals surface area (Å²) in [7, 11) is 0. The molecule has 1 aromatic carbocycles. The molecule has 3 heterocycles. The normalized spacial score (nSPS) is 13.8. The monoisotopic (exact) mass is 442 g/mol. The lowest BCUT2D eigenvalue weighted by atomic mass is 10.1. The fourth-order valence-corrected chi connectivity index (χ4v) is 4.48. The lowest BCUT2D eigenvalue weighted by Gasteiger charge is -2.09. The van der Waals surface area contributed by atoms with E-state index in [2.05, 4.69) is 37.6 Å². The highest BCUT2D eigenvalue weighted by atomic mass is 16.1. The van der Waals surface area contributed by atoms with E-state index in [1.807, 2.05) is 44.2 Å². The van der Waals surface area contributed by atoms with Crippen molar-refractivity contribution in [3.8, 4) is 17.5 Å². The van der Waals surface area contributed by atoms with Crippen molar-refractivity contribution in [2.45, 2.75) is 66.0 Å². The predicted molar refractivity (Wildman–Crippen MR) is 129 cm³/mol. The maximum absolute atomic E-state index is 12.9.